The Labute approximate surface area is 122 Å². The minimum atomic E-state index is -0.111. The Morgan fingerprint density at radius 2 is 2.05 bits per heavy atom. The van der Waals surface area contributed by atoms with Gasteiger partial charge in [-0.15, -0.1) is 0 Å². The Morgan fingerprint density at radius 1 is 1.24 bits per heavy atom. The van der Waals surface area contributed by atoms with Crippen molar-refractivity contribution in [2.24, 2.45) is 0 Å². The third-order valence-corrected chi connectivity index (χ3v) is 3.39. The number of anilines is 3. The van der Waals surface area contributed by atoms with E-state index >= 15 is 0 Å². The molecule has 0 fully saturated rings. The topological polar surface area (TPSA) is 65.4 Å². The van der Waals surface area contributed by atoms with Crippen LogP contribution >= 0.6 is 0 Å². The van der Waals surface area contributed by atoms with E-state index in [4.69, 9.17) is 4.74 Å². The maximum absolute atomic E-state index is 11.9. The molecular weight excluding hydrogens is 266 g/mol. The number of ether oxygens (including phenoxy) is 1. The highest BCUT2D eigenvalue weighted by Crippen LogP contribution is 2.37. The number of fused-ring (bicyclic) bond motifs is 1. The molecule has 1 amide bonds. The molecule has 1 aliphatic heterocycles. The second-order valence-corrected chi connectivity index (χ2v) is 4.65. The summed E-state index contributed by atoms with van der Waals surface area (Å²) in [5.41, 5.74) is 2.77. The number of benzene rings is 2. The van der Waals surface area contributed by atoms with Gasteiger partial charge in [0, 0.05) is 6.07 Å². The summed E-state index contributed by atoms with van der Waals surface area (Å²) in [6.45, 7) is 0.166. The van der Waals surface area contributed by atoms with Crippen molar-refractivity contribution in [3.05, 3.63) is 48.0 Å². The molecule has 0 radical (unpaired) electrons. The zero-order valence-corrected chi connectivity index (χ0v) is 11.5. The summed E-state index contributed by atoms with van der Waals surface area (Å²) in [5, 5.41) is 12.1. The summed E-state index contributed by atoms with van der Waals surface area (Å²) < 4.78 is 5.22. The van der Waals surface area contributed by atoms with Gasteiger partial charge in [0.25, 0.3) is 0 Å². The summed E-state index contributed by atoms with van der Waals surface area (Å²) in [6.07, 6.45) is 0. The minimum absolute atomic E-state index is 0.111. The minimum Gasteiger partial charge on any atom is -0.497 e. The summed E-state index contributed by atoms with van der Waals surface area (Å²) >= 11 is 0. The summed E-state index contributed by atoms with van der Waals surface area (Å²) in [4.78, 5) is 13.7. The molecule has 0 aromatic heterocycles. The summed E-state index contributed by atoms with van der Waals surface area (Å²) in [7, 11) is 1.57. The molecule has 1 heterocycles. The molecule has 5 heteroatoms. The zero-order chi connectivity index (χ0) is 14.8. The zero-order valence-electron chi connectivity index (χ0n) is 11.5. The lowest BCUT2D eigenvalue weighted by atomic mass is 10.1. The van der Waals surface area contributed by atoms with Crippen LogP contribution in [0.3, 0.4) is 0 Å². The fourth-order valence-corrected chi connectivity index (χ4v) is 2.40. The molecule has 0 spiro atoms. The SMILES string of the molecule is COc1ccc(C#N)c(N2CC(=O)Nc3ccccc32)c1. The van der Waals surface area contributed by atoms with Gasteiger partial charge in [-0.1, -0.05) is 12.1 Å². The van der Waals surface area contributed by atoms with Gasteiger partial charge in [0.1, 0.15) is 18.4 Å². The van der Waals surface area contributed by atoms with Crippen LogP contribution in [0.1, 0.15) is 5.56 Å². The Kier molecular flexibility index (Phi) is 3.20. The second kappa shape index (κ2) is 5.17. The van der Waals surface area contributed by atoms with Crippen molar-refractivity contribution in [3.8, 4) is 11.8 Å². The third kappa shape index (κ3) is 2.28. The molecule has 104 valence electrons. The third-order valence-electron chi connectivity index (χ3n) is 3.39. The number of para-hydroxylation sites is 2. The van der Waals surface area contributed by atoms with Crippen LogP contribution in [-0.2, 0) is 4.79 Å². The molecular formula is C16H13N3O2. The van der Waals surface area contributed by atoms with Crippen molar-refractivity contribution >= 4 is 23.0 Å². The Balaban J connectivity index is 2.17. The van der Waals surface area contributed by atoms with Crippen molar-refractivity contribution in [2.75, 3.05) is 23.9 Å². The van der Waals surface area contributed by atoms with Gasteiger partial charge in [0.15, 0.2) is 0 Å². The van der Waals surface area contributed by atoms with Crippen LogP contribution in [0.2, 0.25) is 0 Å². The number of nitrogens with zero attached hydrogens (tertiary/aromatic N) is 2. The molecule has 21 heavy (non-hydrogen) atoms. The van der Waals surface area contributed by atoms with Crippen LogP contribution in [0.25, 0.3) is 0 Å². The quantitative estimate of drug-likeness (QED) is 0.917. The van der Waals surface area contributed by atoms with Crippen molar-refractivity contribution in [1.29, 1.82) is 5.26 Å². The lowest BCUT2D eigenvalue weighted by molar-refractivity contribution is -0.115. The van der Waals surface area contributed by atoms with Gasteiger partial charge in [0.05, 0.1) is 29.7 Å². The normalized spacial score (nSPS) is 13.1. The van der Waals surface area contributed by atoms with Gasteiger partial charge in [-0.25, -0.2) is 0 Å². The van der Waals surface area contributed by atoms with E-state index in [1.54, 1.807) is 25.3 Å². The largest absolute Gasteiger partial charge is 0.497 e. The van der Waals surface area contributed by atoms with Gasteiger partial charge in [0.2, 0.25) is 5.91 Å². The average Bonchev–Trinajstić information content (AvgIpc) is 2.53. The number of nitriles is 1. The second-order valence-electron chi connectivity index (χ2n) is 4.65. The number of methoxy groups -OCH3 is 1. The Bertz CT molecular complexity index is 749. The van der Waals surface area contributed by atoms with E-state index in [1.807, 2.05) is 29.2 Å². The van der Waals surface area contributed by atoms with Crippen LogP contribution < -0.4 is 15.0 Å². The molecule has 1 N–H and O–H groups in total. The van der Waals surface area contributed by atoms with E-state index in [1.165, 1.54) is 0 Å². The monoisotopic (exact) mass is 279 g/mol. The van der Waals surface area contributed by atoms with Crippen LogP contribution in [0, 0.1) is 11.3 Å². The van der Waals surface area contributed by atoms with Gasteiger partial charge < -0.3 is 15.0 Å². The first-order valence-corrected chi connectivity index (χ1v) is 6.47. The first-order chi connectivity index (χ1) is 10.2. The van der Waals surface area contributed by atoms with Gasteiger partial charge in [-0.3, -0.25) is 4.79 Å². The van der Waals surface area contributed by atoms with Crippen LogP contribution in [0.4, 0.5) is 17.1 Å². The lowest BCUT2D eigenvalue weighted by Crippen LogP contribution is -2.35. The standard InChI is InChI=1S/C16H13N3O2/c1-21-12-7-6-11(9-17)15(8-12)19-10-16(20)18-13-4-2-3-5-14(13)19/h2-8H,10H2,1H3,(H,18,20). The first-order valence-electron chi connectivity index (χ1n) is 6.47. The van der Waals surface area contributed by atoms with Crippen LogP contribution in [0.15, 0.2) is 42.5 Å². The molecule has 0 bridgehead atoms. The number of hydrogen-bond donors (Lipinski definition) is 1. The van der Waals surface area contributed by atoms with E-state index in [0.717, 1.165) is 11.4 Å². The van der Waals surface area contributed by atoms with Gasteiger partial charge >= 0.3 is 0 Å². The highest BCUT2D eigenvalue weighted by molar-refractivity contribution is 6.03. The number of carbonyl (C=O) groups is 1. The van der Waals surface area contributed by atoms with Crippen molar-refractivity contribution < 1.29 is 9.53 Å². The number of nitrogens with one attached hydrogen (secondary N) is 1. The molecule has 0 saturated heterocycles. The van der Waals surface area contributed by atoms with Crippen molar-refractivity contribution in [2.45, 2.75) is 0 Å². The van der Waals surface area contributed by atoms with E-state index in [9.17, 15) is 10.1 Å². The highest BCUT2D eigenvalue weighted by Gasteiger charge is 2.24. The van der Waals surface area contributed by atoms with E-state index in [2.05, 4.69) is 11.4 Å². The molecule has 0 aliphatic carbocycles. The van der Waals surface area contributed by atoms with Crippen molar-refractivity contribution in [3.63, 3.8) is 0 Å². The lowest BCUT2D eigenvalue weighted by Gasteiger charge is -2.31. The molecule has 2 aromatic rings. The van der Waals surface area contributed by atoms with E-state index < -0.39 is 0 Å². The number of hydrogen-bond acceptors (Lipinski definition) is 4. The molecule has 3 rings (SSSR count). The smallest absolute Gasteiger partial charge is 0.244 e. The Morgan fingerprint density at radius 3 is 2.81 bits per heavy atom. The fraction of sp³-hybridized carbons (Fsp3) is 0.125. The predicted molar refractivity (Wildman–Crippen MR) is 79.8 cm³/mol. The number of rotatable bonds is 2. The summed E-state index contributed by atoms with van der Waals surface area (Å²) in [5.74, 6) is 0.535. The predicted octanol–water partition coefficient (Wildman–Crippen LogP) is 2.66. The van der Waals surface area contributed by atoms with Crippen molar-refractivity contribution in [1.82, 2.24) is 0 Å². The summed E-state index contributed by atoms with van der Waals surface area (Å²) in [6, 6.07) is 14.9. The molecule has 5 nitrogen and oxygen atoms in total. The maximum Gasteiger partial charge on any atom is 0.244 e. The number of carbonyl (C=O) groups excluding carboxylic acids is 1. The van der Waals surface area contributed by atoms with Gasteiger partial charge in [-0.05, 0) is 24.3 Å². The Hall–Kier alpha value is -3.00. The number of amides is 1. The first kappa shape index (κ1) is 13.0. The van der Waals surface area contributed by atoms with Crippen LogP contribution in [-0.4, -0.2) is 19.6 Å². The molecule has 0 atom stereocenters. The maximum atomic E-state index is 11.9. The average molecular weight is 279 g/mol. The fourth-order valence-electron chi connectivity index (χ4n) is 2.40. The molecule has 0 saturated carbocycles. The van der Waals surface area contributed by atoms with Crippen LogP contribution in [0.5, 0.6) is 5.75 Å². The van der Waals surface area contributed by atoms with Gasteiger partial charge in [-0.2, -0.15) is 5.26 Å². The highest BCUT2D eigenvalue weighted by atomic mass is 16.5. The van der Waals surface area contributed by atoms with E-state index in [0.29, 0.717) is 17.0 Å². The molecule has 2 aromatic carbocycles. The molecule has 1 aliphatic rings. The van der Waals surface area contributed by atoms with E-state index in [-0.39, 0.29) is 12.5 Å². The molecule has 0 unspecified atom stereocenters.